The van der Waals surface area contributed by atoms with Crippen molar-refractivity contribution in [2.75, 3.05) is 32.8 Å². The lowest BCUT2D eigenvalue weighted by molar-refractivity contribution is 0.0332. The van der Waals surface area contributed by atoms with Crippen molar-refractivity contribution in [3.63, 3.8) is 0 Å². The molecular weight excluding hydrogens is 350 g/mol. The number of carbonyl (C=O) groups is 1. The zero-order chi connectivity index (χ0) is 19.3. The molecule has 1 aromatic heterocycles. The van der Waals surface area contributed by atoms with E-state index in [0.29, 0.717) is 5.69 Å². The molecule has 0 unspecified atom stereocenters. The van der Waals surface area contributed by atoms with Crippen molar-refractivity contribution in [2.24, 2.45) is 0 Å². The van der Waals surface area contributed by atoms with Gasteiger partial charge in [-0.3, -0.25) is 9.69 Å². The minimum absolute atomic E-state index is 0.0977. The van der Waals surface area contributed by atoms with Crippen molar-refractivity contribution >= 4 is 16.8 Å². The van der Waals surface area contributed by atoms with E-state index in [2.05, 4.69) is 46.4 Å². The van der Waals surface area contributed by atoms with Gasteiger partial charge in [0, 0.05) is 25.0 Å². The highest BCUT2D eigenvalue weighted by Crippen LogP contribution is 2.18. The lowest BCUT2D eigenvalue weighted by Crippen LogP contribution is -2.43. The zero-order valence-corrected chi connectivity index (χ0v) is 16.1. The highest BCUT2D eigenvalue weighted by atomic mass is 16.5. The van der Waals surface area contributed by atoms with Gasteiger partial charge in [-0.1, -0.05) is 54.1 Å². The Bertz CT molecular complexity index is 949. The summed E-state index contributed by atoms with van der Waals surface area (Å²) in [5, 5.41) is 4.23. The van der Waals surface area contributed by atoms with Gasteiger partial charge < -0.3 is 10.1 Å². The first-order valence-corrected chi connectivity index (χ1v) is 9.72. The molecule has 0 aliphatic carbocycles. The molecule has 2 aromatic carbocycles. The Morgan fingerprint density at radius 1 is 1.07 bits per heavy atom. The summed E-state index contributed by atoms with van der Waals surface area (Å²) in [6.07, 6.45) is 0. The molecule has 2 heterocycles. The highest BCUT2D eigenvalue weighted by Gasteiger charge is 2.21. The molecule has 0 spiro atoms. The first-order chi connectivity index (χ1) is 13.7. The second kappa shape index (κ2) is 8.50. The molecule has 1 fully saturated rings. The van der Waals surface area contributed by atoms with Gasteiger partial charge in [0.05, 0.1) is 24.8 Å². The van der Waals surface area contributed by atoms with Crippen LogP contribution in [0.1, 0.15) is 27.7 Å². The number of hydrogen-bond acceptors (Lipinski definition) is 4. The third-order valence-electron chi connectivity index (χ3n) is 5.16. The monoisotopic (exact) mass is 375 g/mol. The molecule has 0 saturated carbocycles. The molecule has 1 N–H and O–H groups in total. The van der Waals surface area contributed by atoms with Crippen molar-refractivity contribution in [3.05, 3.63) is 77.5 Å². The zero-order valence-electron chi connectivity index (χ0n) is 16.1. The van der Waals surface area contributed by atoms with Crippen LogP contribution in [-0.2, 0) is 4.74 Å². The lowest BCUT2D eigenvalue weighted by Gasteiger charge is -2.31. The van der Waals surface area contributed by atoms with Crippen LogP contribution in [0.25, 0.3) is 10.9 Å². The molecule has 1 atom stereocenters. The van der Waals surface area contributed by atoms with E-state index in [0.717, 1.165) is 49.3 Å². The van der Waals surface area contributed by atoms with E-state index < -0.39 is 0 Å². The fourth-order valence-electron chi connectivity index (χ4n) is 3.50. The Kier molecular flexibility index (Phi) is 5.65. The third kappa shape index (κ3) is 4.38. The number of para-hydroxylation sites is 1. The number of ether oxygens (including phenoxy) is 1. The summed E-state index contributed by atoms with van der Waals surface area (Å²) in [4.78, 5) is 19.8. The number of rotatable bonds is 5. The van der Waals surface area contributed by atoms with Gasteiger partial charge in [-0.2, -0.15) is 0 Å². The molecule has 0 bridgehead atoms. The molecule has 0 radical (unpaired) electrons. The van der Waals surface area contributed by atoms with Crippen molar-refractivity contribution in [1.29, 1.82) is 0 Å². The molecule has 1 saturated heterocycles. The van der Waals surface area contributed by atoms with Gasteiger partial charge in [-0.05, 0) is 24.6 Å². The number of fused-ring (bicyclic) bond motifs is 1. The van der Waals surface area contributed by atoms with Crippen molar-refractivity contribution in [2.45, 2.75) is 13.0 Å². The van der Waals surface area contributed by atoms with Crippen LogP contribution in [0.15, 0.2) is 60.7 Å². The fraction of sp³-hybridized carbons (Fsp3) is 0.304. The smallest absolute Gasteiger partial charge is 0.270 e. The largest absolute Gasteiger partial charge is 0.379 e. The van der Waals surface area contributed by atoms with Gasteiger partial charge in [-0.15, -0.1) is 0 Å². The van der Waals surface area contributed by atoms with E-state index in [9.17, 15) is 4.79 Å². The van der Waals surface area contributed by atoms with E-state index in [1.54, 1.807) is 6.07 Å². The Labute approximate surface area is 165 Å². The van der Waals surface area contributed by atoms with Crippen molar-refractivity contribution < 1.29 is 9.53 Å². The van der Waals surface area contributed by atoms with Gasteiger partial charge in [0.15, 0.2) is 0 Å². The summed E-state index contributed by atoms with van der Waals surface area (Å²) in [6.45, 7) is 6.06. The molecule has 4 rings (SSSR count). The van der Waals surface area contributed by atoms with Crippen LogP contribution >= 0.6 is 0 Å². The maximum atomic E-state index is 13.0. The number of morpholine rings is 1. The topological polar surface area (TPSA) is 54.5 Å². The van der Waals surface area contributed by atoms with Gasteiger partial charge in [0.2, 0.25) is 0 Å². The number of nitrogens with zero attached hydrogens (tertiary/aromatic N) is 2. The molecular formula is C23H25N3O2. The Balaban J connectivity index is 1.55. The normalized spacial score (nSPS) is 16.0. The number of amides is 1. The van der Waals surface area contributed by atoms with Crippen LogP contribution in [0.3, 0.4) is 0 Å². The lowest BCUT2D eigenvalue weighted by atomic mass is 10.0. The van der Waals surface area contributed by atoms with Gasteiger partial charge in [0.1, 0.15) is 5.69 Å². The summed E-state index contributed by atoms with van der Waals surface area (Å²) in [5.41, 5.74) is 3.58. The molecule has 28 heavy (non-hydrogen) atoms. The summed E-state index contributed by atoms with van der Waals surface area (Å²) in [5.74, 6) is -0.149. The number of benzene rings is 2. The first kappa shape index (κ1) is 18.6. The van der Waals surface area contributed by atoms with Crippen LogP contribution in [0.2, 0.25) is 0 Å². The number of carbonyl (C=O) groups excluding carboxylic acids is 1. The average Bonchev–Trinajstić information content (AvgIpc) is 2.74. The molecule has 5 heteroatoms. The molecule has 1 amide bonds. The molecule has 5 nitrogen and oxygen atoms in total. The first-order valence-electron chi connectivity index (χ1n) is 9.72. The maximum Gasteiger partial charge on any atom is 0.270 e. The average molecular weight is 375 g/mol. The van der Waals surface area contributed by atoms with E-state index in [1.807, 2.05) is 30.3 Å². The fourth-order valence-corrected chi connectivity index (χ4v) is 3.50. The summed E-state index contributed by atoms with van der Waals surface area (Å²) in [6, 6.07) is 19.8. The standard InChI is InChI=1S/C23H25N3O2/c1-17-6-8-19(9-7-17)22(16-26-12-14-28-15-13-26)25-23(27)21-11-10-18-4-2-3-5-20(18)24-21/h2-11,22H,12-16H2,1H3,(H,25,27)/t22-/m1/s1. The Hall–Kier alpha value is -2.76. The number of aryl methyl sites for hydroxylation is 1. The van der Waals surface area contributed by atoms with Crippen molar-refractivity contribution in [3.8, 4) is 0 Å². The van der Waals surface area contributed by atoms with Crippen LogP contribution in [0.5, 0.6) is 0 Å². The van der Waals surface area contributed by atoms with Crippen LogP contribution < -0.4 is 5.32 Å². The summed E-state index contributed by atoms with van der Waals surface area (Å²) in [7, 11) is 0. The van der Waals surface area contributed by atoms with E-state index in [1.165, 1.54) is 5.56 Å². The predicted octanol–water partition coefficient (Wildman–Crippen LogP) is 3.35. The molecule has 1 aliphatic heterocycles. The Morgan fingerprint density at radius 2 is 1.82 bits per heavy atom. The minimum Gasteiger partial charge on any atom is -0.379 e. The number of pyridine rings is 1. The van der Waals surface area contributed by atoms with Crippen LogP contribution in [-0.4, -0.2) is 48.6 Å². The molecule has 3 aromatic rings. The van der Waals surface area contributed by atoms with Gasteiger partial charge in [0.25, 0.3) is 5.91 Å². The summed E-state index contributed by atoms with van der Waals surface area (Å²) < 4.78 is 5.46. The quantitative estimate of drug-likeness (QED) is 0.743. The van der Waals surface area contributed by atoms with Gasteiger partial charge >= 0.3 is 0 Å². The molecule has 144 valence electrons. The SMILES string of the molecule is Cc1ccc([C@@H](CN2CCOCC2)NC(=O)c2ccc3ccccc3n2)cc1. The maximum absolute atomic E-state index is 13.0. The Morgan fingerprint density at radius 3 is 2.61 bits per heavy atom. The van der Waals surface area contributed by atoms with Gasteiger partial charge in [-0.25, -0.2) is 4.98 Å². The van der Waals surface area contributed by atoms with E-state index >= 15 is 0 Å². The highest BCUT2D eigenvalue weighted by molar-refractivity contribution is 5.95. The number of aromatic nitrogens is 1. The number of nitrogens with one attached hydrogen (secondary N) is 1. The number of hydrogen-bond donors (Lipinski definition) is 1. The van der Waals surface area contributed by atoms with Crippen LogP contribution in [0, 0.1) is 6.92 Å². The van der Waals surface area contributed by atoms with E-state index in [-0.39, 0.29) is 11.9 Å². The second-order valence-corrected chi connectivity index (χ2v) is 7.24. The second-order valence-electron chi connectivity index (χ2n) is 7.24. The minimum atomic E-state index is -0.149. The predicted molar refractivity (Wildman–Crippen MR) is 110 cm³/mol. The van der Waals surface area contributed by atoms with Crippen LogP contribution in [0.4, 0.5) is 0 Å². The third-order valence-corrected chi connectivity index (χ3v) is 5.16. The van der Waals surface area contributed by atoms with E-state index in [4.69, 9.17) is 4.74 Å². The van der Waals surface area contributed by atoms with Crippen molar-refractivity contribution in [1.82, 2.24) is 15.2 Å². The summed E-state index contributed by atoms with van der Waals surface area (Å²) >= 11 is 0. The molecule has 1 aliphatic rings.